The molecule has 21 heavy (non-hydrogen) atoms. The number of thiophene rings is 1. The molecule has 1 aliphatic heterocycles. The molecule has 2 rings (SSSR count). The molecule has 2 N–H and O–H groups in total. The third kappa shape index (κ3) is 2.98. The Morgan fingerprint density at radius 2 is 2.19 bits per heavy atom. The van der Waals surface area contributed by atoms with Gasteiger partial charge < -0.3 is 10.6 Å². The fourth-order valence-electron chi connectivity index (χ4n) is 2.58. The van der Waals surface area contributed by atoms with E-state index in [0.717, 1.165) is 10.7 Å². The molecule has 0 spiro atoms. The molecule has 2 heterocycles. The summed E-state index contributed by atoms with van der Waals surface area (Å²) in [4.78, 5) is 14.8. The topological polar surface area (TPSA) is 83.7 Å². The van der Waals surface area contributed by atoms with Crippen LogP contribution in [0.1, 0.15) is 23.0 Å². The molecular weight excluding hydrogens is 310 g/mol. The second-order valence-electron chi connectivity index (χ2n) is 5.55. The number of carbonyl (C=O) groups excluding carboxylic acids is 1. The molecule has 6 nitrogen and oxygen atoms in total. The van der Waals surface area contributed by atoms with Crippen molar-refractivity contribution in [2.75, 3.05) is 27.2 Å². The van der Waals surface area contributed by atoms with Crippen molar-refractivity contribution < 1.29 is 13.2 Å². The maximum atomic E-state index is 12.7. The molecule has 118 valence electrons. The predicted molar refractivity (Wildman–Crippen MR) is 82.9 cm³/mol. The van der Waals surface area contributed by atoms with Gasteiger partial charge in [0, 0.05) is 26.7 Å². The minimum absolute atomic E-state index is 0.0862. The van der Waals surface area contributed by atoms with E-state index in [1.54, 1.807) is 10.3 Å². The zero-order valence-corrected chi connectivity index (χ0v) is 14.1. The minimum Gasteiger partial charge on any atom is -0.335 e. The van der Waals surface area contributed by atoms with Gasteiger partial charge in [-0.3, -0.25) is 4.79 Å². The molecule has 1 amide bonds. The van der Waals surface area contributed by atoms with Crippen LogP contribution in [0.2, 0.25) is 0 Å². The predicted octanol–water partition coefficient (Wildman–Crippen LogP) is 0.808. The van der Waals surface area contributed by atoms with Crippen molar-refractivity contribution in [2.24, 2.45) is 11.7 Å². The number of amides is 1. The van der Waals surface area contributed by atoms with Gasteiger partial charge in [0.2, 0.25) is 10.0 Å². The van der Waals surface area contributed by atoms with Crippen molar-refractivity contribution in [2.45, 2.75) is 24.3 Å². The molecule has 0 saturated carbocycles. The molecule has 8 heteroatoms. The maximum Gasteiger partial charge on any atom is 0.265 e. The third-order valence-electron chi connectivity index (χ3n) is 3.84. The van der Waals surface area contributed by atoms with E-state index in [1.165, 1.54) is 31.5 Å². The van der Waals surface area contributed by atoms with E-state index in [2.05, 4.69) is 0 Å². The summed E-state index contributed by atoms with van der Waals surface area (Å²) in [6.45, 7) is 3.11. The number of nitrogens with zero attached hydrogens (tertiary/aromatic N) is 2. The molecule has 1 fully saturated rings. The van der Waals surface area contributed by atoms with Crippen LogP contribution in [0.25, 0.3) is 0 Å². The molecule has 1 aliphatic rings. The first-order chi connectivity index (χ1) is 9.78. The minimum atomic E-state index is -3.60. The molecule has 2 atom stereocenters. The molecule has 1 aromatic rings. The largest absolute Gasteiger partial charge is 0.335 e. The van der Waals surface area contributed by atoms with Gasteiger partial charge in [-0.05, 0) is 37.3 Å². The lowest BCUT2D eigenvalue weighted by molar-refractivity contribution is 0.0744. The summed E-state index contributed by atoms with van der Waals surface area (Å²) < 4.78 is 25.7. The van der Waals surface area contributed by atoms with E-state index in [1.807, 2.05) is 6.92 Å². The van der Waals surface area contributed by atoms with Gasteiger partial charge in [0.1, 0.15) is 9.77 Å². The first-order valence-electron chi connectivity index (χ1n) is 6.80. The van der Waals surface area contributed by atoms with Crippen LogP contribution in [0.15, 0.2) is 16.3 Å². The van der Waals surface area contributed by atoms with E-state index >= 15 is 0 Å². The second-order valence-corrected chi connectivity index (χ2v) is 8.58. The normalized spacial score (nSPS) is 23.0. The van der Waals surface area contributed by atoms with Gasteiger partial charge in [0.05, 0.1) is 0 Å². The van der Waals surface area contributed by atoms with Crippen molar-refractivity contribution >= 4 is 27.3 Å². The summed E-state index contributed by atoms with van der Waals surface area (Å²) in [7, 11) is -0.679. The van der Waals surface area contributed by atoms with Gasteiger partial charge in [0.15, 0.2) is 0 Å². The van der Waals surface area contributed by atoms with Crippen LogP contribution in [0, 0.1) is 5.92 Å². The van der Waals surface area contributed by atoms with Crippen LogP contribution in [0.3, 0.4) is 0 Å². The van der Waals surface area contributed by atoms with Crippen molar-refractivity contribution in [3.8, 4) is 0 Å². The summed E-state index contributed by atoms with van der Waals surface area (Å²) in [6, 6.07) is 1.58. The van der Waals surface area contributed by atoms with Crippen LogP contribution in [-0.4, -0.2) is 56.8 Å². The monoisotopic (exact) mass is 331 g/mol. The summed E-state index contributed by atoms with van der Waals surface area (Å²) in [6.07, 6.45) is 0.864. The Bertz CT molecular complexity index is 624. The second kappa shape index (κ2) is 6.04. The summed E-state index contributed by atoms with van der Waals surface area (Å²) in [5, 5.41) is 1.64. The smallest absolute Gasteiger partial charge is 0.265 e. The fraction of sp³-hybridized carbons (Fsp3) is 0.615. The van der Waals surface area contributed by atoms with Gasteiger partial charge >= 0.3 is 0 Å². The molecular formula is C13H21N3O3S2. The number of nitrogens with two attached hydrogens (primary N) is 1. The van der Waals surface area contributed by atoms with E-state index in [4.69, 9.17) is 5.73 Å². The van der Waals surface area contributed by atoms with Crippen molar-refractivity contribution in [1.29, 1.82) is 0 Å². The number of sulfonamides is 1. The van der Waals surface area contributed by atoms with E-state index < -0.39 is 10.0 Å². The van der Waals surface area contributed by atoms with Gasteiger partial charge in [-0.25, -0.2) is 12.7 Å². The standard InChI is InChI=1S/C13H21N3O3S2/c1-9-6-10(7-14)8-16(9)13(17)12-11(4-5-20-12)21(18,19)15(2)3/h4-5,9-10H,6-8,14H2,1-3H3. The average Bonchev–Trinajstić information content (AvgIpc) is 3.04. The highest BCUT2D eigenvalue weighted by Crippen LogP contribution is 2.30. The zero-order valence-electron chi connectivity index (χ0n) is 12.4. The number of carbonyl (C=O) groups is 1. The number of hydrogen-bond acceptors (Lipinski definition) is 5. The molecule has 1 aromatic heterocycles. The molecule has 0 aliphatic carbocycles. The molecule has 1 saturated heterocycles. The Hall–Kier alpha value is -0.960. The summed E-state index contributed by atoms with van der Waals surface area (Å²) in [5.74, 6) is 0.0756. The van der Waals surface area contributed by atoms with Crippen LogP contribution in [0.4, 0.5) is 0 Å². The highest BCUT2D eigenvalue weighted by Gasteiger charge is 2.35. The summed E-state index contributed by atoms with van der Waals surface area (Å²) in [5.41, 5.74) is 5.68. The van der Waals surface area contributed by atoms with Crippen molar-refractivity contribution in [3.05, 3.63) is 16.3 Å². The van der Waals surface area contributed by atoms with E-state index in [-0.39, 0.29) is 27.6 Å². The van der Waals surface area contributed by atoms with Gasteiger partial charge in [0.25, 0.3) is 5.91 Å². The number of likely N-dealkylation sites (tertiary alicyclic amines) is 1. The first-order valence-corrected chi connectivity index (χ1v) is 9.12. The molecule has 0 bridgehead atoms. The van der Waals surface area contributed by atoms with Crippen molar-refractivity contribution in [3.63, 3.8) is 0 Å². The van der Waals surface area contributed by atoms with Gasteiger partial charge in [-0.1, -0.05) is 0 Å². The molecule has 0 aromatic carbocycles. The SMILES string of the molecule is CC1CC(CN)CN1C(=O)c1sccc1S(=O)(=O)N(C)C. The average molecular weight is 331 g/mol. The number of rotatable bonds is 4. The van der Waals surface area contributed by atoms with E-state index in [0.29, 0.717) is 13.1 Å². The Morgan fingerprint density at radius 1 is 1.52 bits per heavy atom. The Kier molecular flexibility index (Phi) is 4.72. The molecule has 2 unspecified atom stereocenters. The van der Waals surface area contributed by atoms with Crippen LogP contribution in [0.5, 0.6) is 0 Å². The highest BCUT2D eigenvalue weighted by atomic mass is 32.2. The fourth-order valence-corrected chi connectivity index (χ4v) is 4.82. The van der Waals surface area contributed by atoms with Crippen LogP contribution in [-0.2, 0) is 10.0 Å². The third-order valence-corrected chi connectivity index (χ3v) is 6.73. The lowest BCUT2D eigenvalue weighted by Crippen LogP contribution is -2.35. The Balaban J connectivity index is 2.32. The maximum absolute atomic E-state index is 12.7. The van der Waals surface area contributed by atoms with Crippen molar-refractivity contribution in [1.82, 2.24) is 9.21 Å². The van der Waals surface area contributed by atoms with Gasteiger partial charge in [-0.2, -0.15) is 0 Å². The highest BCUT2D eigenvalue weighted by molar-refractivity contribution is 7.89. The molecule has 0 radical (unpaired) electrons. The zero-order chi connectivity index (χ0) is 15.8. The lowest BCUT2D eigenvalue weighted by atomic mass is 10.1. The summed E-state index contributed by atoms with van der Waals surface area (Å²) >= 11 is 1.17. The first kappa shape index (κ1) is 16.4. The Labute approximate surface area is 129 Å². The lowest BCUT2D eigenvalue weighted by Gasteiger charge is -2.22. The van der Waals surface area contributed by atoms with Gasteiger partial charge in [-0.15, -0.1) is 11.3 Å². The quantitative estimate of drug-likeness (QED) is 0.885. The van der Waals surface area contributed by atoms with E-state index in [9.17, 15) is 13.2 Å². The number of hydrogen-bond donors (Lipinski definition) is 1. The Morgan fingerprint density at radius 3 is 2.71 bits per heavy atom. The van der Waals surface area contributed by atoms with Crippen LogP contribution < -0.4 is 5.73 Å². The van der Waals surface area contributed by atoms with Crippen LogP contribution >= 0.6 is 11.3 Å².